The highest BCUT2D eigenvalue weighted by atomic mass is 16.6. The number of benzene rings is 2. The van der Waals surface area contributed by atoms with E-state index in [1.807, 2.05) is 32.0 Å². The topological polar surface area (TPSA) is 93.3 Å². The van der Waals surface area contributed by atoms with Crippen molar-refractivity contribution < 1.29 is 4.92 Å². The first-order chi connectivity index (χ1) is 12.4. The van der Waals surface area contributed by atoms with Crippen LogP contribution in [0.15, 0.2) is 52.3 Å². The fourth-order valence-corrected chi connectivity index (χ4v) is 2.58. The number of nitrogens with zero attached hydrogens (tertiary/aromatic N) is 3. The van der Waals surface area contributed by atoms with Gasteiger partial charge in [0, 0.05) is 24.0 Å². The molecule has 1 heterocycles. The molecule has 0 spiro atoms. The number of hydrogen-bond acceptors (Lipinski definition) is 4. The summed E-state index contributed by atoms with van der Waals surface area (Å²) in [5.41, 5.74) is 4.22. The molecule has 7 nitrogen and oxygen atoms in total. The van der Waals surface area contributed by atoms with Gasteiger partial charge in [-0.25, -0.2) is 4.68 Å². The maximum Gasteiger partial charge on any atom is 0.280 e. The molecule has 0 bridgehead atoms. The van der Waals surface area contributed by atoms with Crippen LogP contribution in [-0.2, 0) is 0 Å². The first kappa shape index (κ1) is 17.3. The van der Waals surface area contributed by atoms with E-state index < -0.39 is 4.92 Å². The van der Waals surface area contributed by atoms with E-state index in [0.717, 1.165) is 16.8 Å². The molecule has 0 radical (unpaired) electrons. The molecule has 0 saturated carbocycles. The Balaban J connectivity index is 1.98. The van der Waals surface area contributed by atoms with Gasteiger partial charge in [-0.3, -0.25) is 25.0 Å². The molecule has 0 aliphatic heterocycles. The summed E-state index contributed by atoms with van der Waals surface area (Å²) in [7, 11) is 0. The smallest absolute Gasteiger partial charge is 0.280 e. The molecular weight excluding hydrogens is 332 g/mol. The number of hydrogen-bond donors (Lipinski definition) is 1. The first-order valence-electron chi connectivity index (χ1n) is 8.04. The van der Waals surface area contributed by atoms with Crippen LogP contribution >= 0.6 is 0 Å². The number of aliphatic imine (C=N–C) groups is 1. The summed E-state index contributed by atoms with van der Waals surface area (Å²) in [6, 6.07) is 11.7. The minimum absolute atomic E-state index is 0.0435. The lowest BCUT2D eigenvalue weighted by atomic mass is 10.1. The summed E-state index contributed by atoms with van der Waals surface area (Å²) in [6.07, 6.45) is 1.44. The molecule has 2 aromatic carbocycles. The van der Waals surface area contributed by atoms with Crippen molar-refractivity contribution in [2.45, 2.75) is 20.8 Å². The van der Waals surface area contributed by atoms with E-state index in [-0.39, 0.29) is 11.2 Å². The number of nitro benzene ring substituents is 1. The fraction of sp³-hybridized carbons (Fsp3) is 0.158. The summed E-state index contributed by atoms with van der Waals surface area (Å²) in [4.78, 5) is 27.3. The average Bonchev–Trinajstić information content (AvgIpc) is 2.90. The first-order valence-corrected chi connectivity index (χ1v) is 8.04. The van der Waals surface area contributed by atoms with Gasteiger partial charge in [-0.1, -0.05) is 12.1 Å². The second kappa shape index (κ2) is 6.79. The van der Waals surface area contributed by atoms with Gasteiger partial charge in [-0.2, -0.15) is 0 Å². The molecule has 7 heteroatoms. The van der Waals surface area contributed by atoms with Gasteiger partial charge in [0.1, 0.15) is 0 Å². The lowest BCUT2D eigenvalue weighted by Crippen LogP contribution is -2.17. The minimum Gasteiger partial charge on any atom is -0.295 e. The molecule has 0 amide bonds. The molecule has 3 rings (SSSR count). The Labute approximate surface area is 149 Å². The highest BCUT2D eigenvalue weighted by molar-refractivity contribution is 5.83. The number of H-pyrrole nitrogens is 1. The third-order valence-electron chi connectivity index (χ3n) is 4.25. The zero-order valence-electron chi connectivity index (χ0n) is 14.7. The van der Waals surface area contributed by atoms with Crippen molar-refractivity contribution in [1.29, 1.82) is 0 Å². The van der Waals surface area contributed by atoms with E-state index in [1.54, 1.807) is 19.1 Å². The van der Waals surface area contributed by atoms with Crippen molar-refractivity contribution in [3.05, 3.63) is 85.3 Å². The minimum atomic E-state index is -0.479. The Morgan fingerprint density at radius 1 is 1.12 bits per heavy atom. The Bertz CT molecular complexity index is 1080. The maximum absolute atomic E-state index is 12.7. The number of aryl methyl sites for hydroxylation is 3. The Kier molecular flexibility index (Phi) is 4.53. The van der Waals surface area contributed by atoms with Crippen LogP contribution in [0.5, 0.6) is 0 Å². The predicted octanol–water partition coefficient (Wildman–Crippen LogP) is 3.75. The second-order valence-electron chi connectivity index (χ2n) is 6.09. The quantitative estimate of drug-likeness (QED) is 0.441. The van der Waals surface area contributed by atoms with Crippen molar-refractivity contribution >= 4 is 17.6 Å². The van der Waals surface area contributed by atoms with Crippen molar-refractivity contribution in [2.24, 2.45) is 4.99 Å². The highest BCUT2D eigenvalue weighted by Crippen LogP contribution is 2.19. The van der Waals surface area contributed by atoms with Gasteiger partial charge in [0.25, 0.3) is 11.2 Å². The van der Waals surface area contributed by atoms with Gasteiger partial charge in [0.2, 0.25) is 0 Å². The van der Waals surface area contributed by atoms with Crippen LogP contribution in [0.4, 0.5) is 11.4 Å². The average molecular weight is 350 g/mol. The van der Waals surface area contributed by atoms with Gasteiger partial charge in [0.05, 0.1) is 21.9 Å². The Morgan fingerprint density at radius 3 is 2.58 bits per heavy atom. The predicted molar refractivity (Wildman–Crippen MR) is 101 cm³/mol. The van der Waals surface area contributed by atoms with Gasteiger partial charge >= 0.3 is 0 Å². The lowest BCUT2D eigenvalue weighted by Gasteiger charge is -2.05. The van der Waals surface area contributed by atoms with Crippen LogP contribution in [0.25, 0.3) is 5.69 Å². The van der Waals surface area contributed by atoms with Crippen molar-refractivity contribution in [2.75, 3.05) is 0 Å². The van der Waals surface area contributed by atoms with Gasteiger partial charge in [0.15, 0.2) is 0 Å². The molecule has 0 fully saturated rings. The van der Waals surface area contributed by atoms with E-state index >= 15 is 0 Å². The molecule has 0 aliphatic rings. The standard InChI is InChI=1S/C19H18N4O3/c1-12-7-8-16(9-13(12)2)22-19(24)18(14(3)21-22)11-20-15-5-4-6-17(10-15)23(25)26/h4-11,21H,1-3H3. The number of aromatic amines is 1. The summed E-state index contributed by atoms with van der Waals surface area (Å²) in [5, 5.41) is 13.9. The number of nitrogens with one attached hydrogen (secondary N) is 1. The number of nitro groups is 1. The summed E-state index contributed by atoms with van der Waals surface area (Å²) in [5.74, 6) is 0. The molecule has 26 heavy (non-hydrogen) atoms. The largest absolute Gasteiger partial charge is 0.295 e. The molecule has 1 aromatic heterocycles. The fourth-order valence-electron chi connectivity index (χ4n) is 2.58. The molecule has 0 aliphatic carbocycles. The van der Waals surface area contributed by atoms with Gasteiger partial charge in [-0.15, -0.1) is 0 Å². The maximum atomic E-state index is 12.7. The van der Waals surface area contributed by atoms with Crippen LogP contribution in [0.1, 0.15) is 22.4 Å². The number of rotatable bonds is 4. The molecule has 3 aromatic rings. The van der Waals surface area contributed by atoms with E-state index in [0.29, 0.717) is 16.9 Å². The van der Waals surface area contributed by atoms with Gasteiger partial charge < -0.3 is 0 Å². The van der Waals surface area contributed by atoms with Crippen LogP contribution < -0.4 is 5.56 Å². The molecule has 0 unspecified atom stereocenters. The van der Waals surface area contributed by atoms with Crippen molar-refractivity contribution in [3.8, 4) is 5.69 Å². The molecular formula is C19H18N4O3. The zero-order chi connectivity index (χ0) is 18.8. The van der Waals surface area contributed by atoms with Crippen LogP contribution in [-0.4, -0.2) is 20.9 Å². The summed E-state index contributed by atoms with van der Waals surface area (Å²) >= 11 is 0. The Morgan fingerprint density at radius 2 is 1.88 bits per heavy atom. The molecule has 1 N–H and O–H groups in total. The van der Waals surface area contributed by atoms with E-state index in [1.165, 1.54) is 23.0 Å². The van der Waals surface area contributed by atoms with Crippen LogP contribution in [0.2, 0.25) is 0 Å². The van der Waals surface area contributed by atoms with Crippen LogP contribution in [0, 0.1) is 30.9 Å². The third-order valence-corrected chi connectivity index (χ3v) is 4.25. The molecule has 0 saturated heterocycles. The molecule has 132 valence electrons. The normalized spacial score (nSPS) is 11.2. The Hall–Kier alpha value is -3.48. The van der Waals surface area contributed by atoms with E-state index in [2.05, 4.69) is 10.1 Å². The SMILES string of the molecule is Cc1ccc(-n2[nH]c(C)c(C=Nc3cccc([N+](=O)[O-])c3)c2=O)cc1C. The zero-order valence-corrected chi connectivity index (χ0v) is 14.7. The van der Waals surface area contributed by atoms with E-state index in [9.17, 15) is 14.9 Å². The monoisotopic (exact) mass is 350 g/mol. The second-order valence-corrected chi connectivity index (χ2v) is 6.09. The van der Waals surface area contributed by atoms with E-state index in [4.69, 9.17) is 0 Å². The van der Waals surface area contributed by atoms with Crippen molar-refractivity contribution in [3.63, 3.8) is 0 Å². The van der Waals surface area contributed by atoms with Crippen molar-refractivity contribution in [1.82, 2.24) is 9.78 Å². The molecule has 0 atom stereocenters. The summed E-state index contributed by atoms with van der Waals surface area (Å²) in [6.45, 7) is 5.79. The summed E-state index contributed by atoms with van der Waals surface area (Å²) < 4.78 is 1.47. The number of non-ortho nitro benzene ring substituents is 1. The van der Waals surface area contributed by atoms with Crippen LogP contribution in [0.3, 0.4) is 0 Å². The third kappa shape index (κ3) is 3.32. The van der Waals surface area contributed by atoms with Gasteiger partial charge in [-0.05, 0) is 50.1 Å². The lowest BCUT2D eigenvalue weighted by molar-refractivity contribution is -0.384. The number of aromatic nitrogens is 2. The highest BCUT2D eigenvalue weighted by Gasteiger charge is 2.11.